The Labute approximate surface area is 189 Å². The summed E-state index contributed by atoms with van der Waals surface area (Å²) in [4.78, 5) is 16.2. The molecule has 0 aliphatic heterocycles. The van der Waals surface area contributed by atoms with E-state index in [2.05, 4.69) is 18.7 Å². The minimum absolute atomic E-state index is 0.0897. The monoisotopic (exact) mass is 427 g/mol. The lowest BCUT2D eigenvalue weighted by atomic mass is 9.97. The molecule has 0 saturated carbocycles. The van der Waals surface area contributed by atoms with E-state index >= 15 is 0 Å². The molecule has 1 aromatic heterocycles. The van der Waals surface area contributed by atoms with Crippen molar-refractivity contribution >= 4 is 16.8 Å². The summed E-state index contributed by atoms with van der Waals surface area (Å²) in [6.07, 6.45) is 0.911. The molecule has 0 fully saturated rings. The molecule has 0 amide bonds. The molecule has 0 unspecified atom stereocenters. The molecule has 0 N–H and O–H groups in total. The molecule has 164 valence electrons. The number of ketones is 1. The van der Waals surface area contributed by atoms with Gasteiger partial charge in [0.25, 0.3) is 0 Å². The zero-order chi connectivity index (χ0) is 22.3. The largest absolute Gasteiger partial charge is 0.493 e. The summed E-state index contributed by atoms with van der Waals surface area (Å²) in [6.45, 7) is 7.94. The second-order valence-corrected chi connectivity index (χ2v) is 7.72. The van der Waals surface area contributed by atoms with Crippen molar-refractivity contribution in [1.82, 2.24) is 4.90 Å². The molecule has 4 rings (SSSR count). The van der Waals surface area contributed by atoms with Crippen molar-refractivity contribution < 1.29 is 13.9 Å². The van der Waals surface area contributed by atoms with Crippen LogP contribution >= 0.6 is 0 Å². The minimum atomic E-state index is -0.0897. The second kappa shape index (κ2) is 10.3. The van der Waals surface area contributed by atoms with Gasteiger partial charge in [0, 0.05) is 17.5 Å². The van der Waals surface area contributed by atoms with Gasteiger partial charge in [0.2, 0.25) is 5.78 Å². The zero-order valence-corrected chi connectivity index (χ0v) is 18.7. The fourth-order valence-corrected chi connectivity index (χ4v) is 3.99. The first-order chi connectivity index (χ1) is 15.7. The smallest absolute Gasteiger partial charge is 0.201 e. The average molecular weight is 428 g/mol. The number of rotatable bonds is 10. The summed E-state index contributed by atoms with van der Waals surface area (Å²) < 4.78 is 12.2. The van der Waals surface area contributed by atoms with Gasteiger partial charge in [-0.2, -0.15) is 0 Å². The van der Waals surface area contributed by atoms with Gasteiger partial charge < -0.3 is 14.1 Å². The molecule has 0 bridgehead atoms. The second-order valence-electron chi connectivity index (χ2n) is 7.72. The van der Waals surface area contributed by atoms with Crippen molar-refractivity contribution in [3.63, 3.8) is 0 Å². The lowest BCUT2D eigenvalue weighted by molar-refractivity contribution is 0.103. The summed E-state index contributed by atoms with van der Waals surface area (Å²) in [5.74, 6) is 1.11. The predicted octanol–water partition coefficient (Wildman–Crippen LogP) is 6.44. The molecule has 32 heavy (non-hydrogen) atoms. The number of carbonyl (C=O) groups excluding carboxylic acids is 1. The third-order valence-electron chi connectivity index (χ3n) is 5.76. The van der Waals surface area contributed by atoms with Crippen LogP contribution in [0.1, 0.15) is 36.2 Å². The van der Waals surface area contributed by atoms with Crippen LogP contribution in [0.2, 0.25) is 0 Å². The summed E-state index contributed by atoms with van der Waals surface area (Å²) in [5, 5.41) is 0.813. The molecule has 4 nitrogen and oxygen atoms in total. The molecule has 0 spiro atoms. The number of carbonyl (C=O) groups is 1. The third kappa shape index (κ3) is 4.61. The summed E-state index contributed by atoms with van der Waals surface area (Å²) >= 11 is 0. The highest BCUT2D eigenvalue weighted by atomic mass is 16.5. The van der Waals surface area contributed by atoms with E-state index in [0.717, 1.165) is 37.0 Å². The first-order valence-corrected chi connectivity index (χ1v) is 11.3. The van der Waals surface area contributed by atoms with Gasteiger partial charge in [-0.3, -0.25) is 4.79 Å². The number of ether oxygens (including phenoxy) is 1. The van der Waals surface area contributed by atoms with Crippen molar-refractivity contribution in [1.29, 1.82) is 0 Å². The van der Waals surface area contributed by atoms with E-state index in [1.807, 2.05) is 78.9 Å². The Morgan fingerprint density at radius 2 is 1.56 bits per heavy atom. The van der Waals surface area contributed by atoms with E-state index in [4.69, 9.17) is 9.15 Å². The van der Waals surface area contributed by atoms with E-state index in [1.165, 1.54) is 0 Å². The molecule has 0 radical (unpaired) electrons. The van der Waals surface area contributed by atoms with Crippen molar-refractivity contribution in [2.75, 3.05) is 26.2 Å². The maximum Gasteiger partial charge on any atom is 0.201 e. The van der Waals surface area contributed by atoms with E-state index in [9.17, 15) is 4.79 Å². The molecule has 3 aromatic carbocycles. The lowest BCUT2D eigenvalue weighted by Crippen LogP contribution is -2.25. The Balaban J connectivity index is 1.66. The van der Waals surface area contributed by atoms with Crippen LogP contribution in [0.5, 0.6) is 5.75 Å². The Morgan fingerprint density at radius 1 is 0.875 bits per heavy atom. The van der Waals surface area contributed by atoms with Crippen LogP contribution in [-0.2, 0) is 0 Å². The van der Waals surface area contributed by atoms with Crippen molar-refractivity contribution in [3.8, 4) is 17.1 Å². The maximum absolute atomic E-state index is 13.8. The van der Waals surface area contributed by atoms with Crippen LogP contribution < -0.4 is 4.74 Å². The molecule has 0 aliphatic carbocycles. The van der Waals surface area contributed by atoms with Gasteiger partial charge >= 0.3 is 0 Å². The number of fused-ring (bicyclic) bond motifs is 1. The van der Waals surface area contributed by atoms with E-state index < -0.39 is 0 Å². The molecule has 1 heterocycles. The topological polar surface area (TPSA) is 42.7 Å². The van der Waals surface area contributed by atoms with Gasteiger partial charge in [0.15, 0.2) is 0 Å². The van der Waals surface area contributed by atoms with E-state index in [0.29, 0.717) is 34.8 Å². The zero-order valence-electron chi connectivity index (χ0n) is 18.7. The number of benzene rings is 3. The van der Waals surface area contributed by atoms with Gasteiger partial charge in [-0.1, -0.05) is 74.5 Å². The predicted molar refractivity (Wildman–Crippen MR) is 129 cm³/mol. The van der Waals surface area contributed by atoms with Crippen LogP contribution in [0, 0.1) is 0 Å². The summed E-state index contributed by atoms with van der Waals surface area (Å²) in [7, 11) is 0. The van der Waals surface area contributed by atoms with Crippen LogP contribution in [0.4, 0.5) is 0 Å². The minimum Gasteiger partial charge on any atom is -0.493 e. The number of nitrogens with zero attached hydrogens (tertiary/aromatic N) is 1. The standard InChI is InChI=1S/C28H29NO3/c1-3-29(4-2)19-12-20-31-24-17-10-9-16-23(24)27(30)26-22-15-8-11-18-25(22)32-28(26)21-13-6-5-7-14-21/h5-11,13-18H,3-4,12,19-20H2,1-2H3. The van der Waals surface area contributed by atoms with Crippen molar-refractivity contribution in [2.24, 2.45) is 0 Å². The summed E-state index contributed by atoms with van der Waals surface area (Å²) in [5.41, 5.74) is 2.71. The summed E-state index contributed by atoms with van der Waals surface area (Å²) in [6, 6.07) is 24.9. The van der Waals surface area contributed by atoms with E-state index in [1.54, 1.807) is 0 Å². The number of para-hydroxylation sites is 2. The third-order valence-corrected chi connectivity index (χ3v) is 5.76. The normalized spacial score (nSPS) is 11.2. The average Bonchev–Trinajstić information content (AvgIpc) is 3.24. The highest BCUT2D eigenvalue weighted by Gasteiger charge is 2.25. The fourth-order valence-electron chi connectivity index (χ4n) is 3.99. The van der Waals surface area contributed by atoms with Crippen LogP contribution in [-0.4, -0.2) is 36.9 Å². The Bertz CT molecular complexity index is 1180. The molecule has 4 heteroatoms. The molecule has 0 aliphatic rings. The highest BCUT2D eigenvalue weighted by molar-refractivity contribution is 6.20. The van der Waals surface area contributed by atoms with Gasteiger partial charge in [0.05, 0.1) is 17.7 Å². The van der Waals surface area contributed by atoms with Crippen LogP contribution in [0.3, 0.4) is 0 Å². The Hall–Kier alpha value is -3.37. The molecular formula is C28H29NO3. The lowest BCUT2D eigenvalue weighted by Gasteiger charge is -2.18. The number of hydrogen-bond donors (Lipinski definition) is 0. The van der Waals surface area contributed by atoms with Crippen molar-refractivity contribution in [3.05, 3.63) is 90.0 Å². The first-order valence-electron chi connectivity index (χ1n) is 11.3. The van der Waals surface area contributed by atoms with Gasteiger partial charge in [-0.15, -0.1) is 0 Å². The molecule has 0 atom stereocenters. The first kappa shape index (κ1) is 21.8. The SMILES string of the molecule is CCN(CC)CCCOc1ccccc1C(=O)c1c(-c2ccccc2)oc2ccccc12. The van der Waals surface area contributed by atoms with E-state index in [-0.39, 0.29) is 5.78 Å². The highest BCUT2D eigenvalue weighted by Crippen LogP contribution is 2.36. The molecule has 4 aromatic rings. The van der Waals surface area contributed by atoms with Gasteiger partial charge in [-0.25, -0.2) is 0 Å². The van der Waals surface area contributed by atoms with Crippen molar-refractivity contribution in [2.45, 2.75) is 20.3 Å². The van der Waals surface area contributed by atoms with Gasteiger partial charge in [-0.05, 0) is 37.7 Å². The van der Waals surface area contributed by atoms with Crippen LogP contribution in [0.25, 0.3) is 22.3 Å². The maximum atomic E-state index is 13.8. The Morgan fingerprint density at radius 3 is 2.34 bits per heavy atom. The molecular weight excluding hydrogens is 398 g/mol. The number of furan rings is 1. The Kier molecular flexibility index (Phi) is 7.03. The quantitative estimate of drug-likeness (QED) is 0.216. The number of hydrogen-bond acceptors (Lipinski definition) is 4. The van der Waals surface area contributed by atoms with Crippen LogP contribution in [0.15, 0.2) is 83.3 Å². The molecule has 0 saturated heterocycles. The fraction of sp³-hybridized carbons (Fsp3) is 0.250. The van der Waals surface area contributed by atoms with Gasteiger partial charge in [0.1, 0.15) is 17.1 Å².